The van der Waals surface area contributed by atoms with E-state index in [4.69, 9.17) is 4.74 Å². The van der Waals surface area contributed by atoms with Crippen LogP contribution >= 0.6 is 0 Å². The van der Waals surface area contributed by atoms with E-state index in [0.29, 0.717) is 13.0 Å². The van der Waals surface area contributed by atoms with E-state index >= 15 is 0 Å². The number of nitrogens with zero attached hydrogens (tertiary/aromatic N) is 1. The van der Waals surface area contributed by atoms with E-state index in [9.17, 15) is 14.4 Å². The fourth-order valence-corrected chi connectivity index (χ4v) is 2.39. The number of carbonyl (C=O) groups excluding carboxylic acids is 3. The summed E-state index contributed by atoms with van der Waals surface area (Å²) in [5.74, 6) is -0.763. The van der Waals surface area contributed by atoms with E-state index in [0.717, 1.165) is 6.42 Å². The molecule has 0 aromatic rings. The Morgan fingerprint density at radius 2 is 2.00 bits per heavy atom. The van der Waals surface area contributed by atoms with Crippen LogP contribution in [0.1, 0.15) is 40.5 Å². The molecule has 1 fully saturated rings. The van der Waals surface area contributed by atoms with Crippen molar-refractivity contribution in [3.8, 4) is 0 Å². The van der Waals surface area contributed by atoms with Crippen molar-refractivity contribution in [2.24, 2.45) is 5.92 Å². The lowest BCUT2D eigenvalue weighted by molar-refractivity contribution is -0.148. The van der Waals surface area contributed by atoms with E-state index in [-0.39, 0.29) is 24.3 Å². The molecule has 6 nitrogen and oxygen atoms in total. The van der Waals surface area contributed by atoms with Gasteiger partial charge in [0.05, 0.1) is 6.61 Å². The van der Waals surface area contributed by atoms with Crippen LogP contribution in [0.15, 0.2) is 0 Å². The molecule has 0 radical (unpaired) electrons. The van der Waals surface area contributed by atoms with Crippen LogP contribution in [0.2, 0.25) is 0 Å². The van der Waals surface area contributed by atoms with Crippen molar-refractivity contribution in [3.05, 3.63) is 0 Å². The number of ether oxygens (including phenoxy) is 1. The number of rotatable bonds is 6. The first kappa shape index (κ1) is 16.5. The van der Waals surface area contributed by atoms with Gasteiger partial charge in [-0.3, -0.25) is 9.59 Å². The van der Waals surface area contributed by atoms with Crippen molar-refractivity contribution in [3.63, 3.8) is 0 Å². The molecule has 0 aromatic heterocycles. The molecule has 20 heavy (non-hydrogen) atoms. The highest BCUT2D eigenvalue weighted by molar-refractivity contribution is 5.91. The summed E-state index contributed by atoms with van der Waals surface area (Å²) in [5.41, 5.74) is 0. The molecule has 1 heterocycles. The van der Waals surface area contributed by atoms with E-state index in [1.165, 1.54) is 0 Å². The molecule has 0 aromatic carbocycles. The van der Waals surface area contributed by atoms with Gasteiger partial charge in [0, 0.05) is 13.0 Å². The number of nitrogens with one attached hydrogen (secondary N) is 1. The zero-order valence-corrected chi connectivity index (χ0v) is 12.6. The minimum atomic E-state index is -0.707. The van der Waals surface area contributed by atoms with Crippen molar-refractivity contribution in [2.75, 3.05) is 13.2 Å². The third-order valence-electron chi connectivity index (χ3n) is 3.34. The fraction of sp³-hybridized carbons (Fsp3) is 0.786. The number of hydrogen-bond donors (Lipinski definition) is 1. The third kappa shape index (κ3) is 3.95. The lowest BCUT2D eigenvalue weighted by atomic mass is 10.0. The summed E-state index contributed by atoms with van der Waals surface area (Å²) in [6.07, 6.45) is 1.27. The summed E-state index contributed by atoms with van der Waals surface area (Å²) in [7, 11) is 0. The molecule has 1 N–H and O–H groups in total. The van der Waals surface area contributed by atoms with E-state index in [1.807, 2.05) is 13.8 Å². The lowest BCUT2D eigenvalue weighted by Crippen LogP contribution is -2.53. The standard InChI is InChI=1S/C14H24N2O4/c1-5-20-14(19)10(4)15-13(18)12(9(2)3)16-8-6-7-11(16)17/h9-10,12H,5-8H2,1-4H3,(H,15,18)/t10-,12+/m0/s1. The Hall–Kier alpha value is -1.59. The molecule has 1 saturated heterocycles. The second-order valence-corrected chi connectivity index (χ2v) is 5.36. The van der Waals surface area contributed by atoms with Gasteiger partial charge in [-0.2, -0.15) is 0 Å². The van der Waals surface area contributed by atoms with E-state index in [1.54, 1.807) is 18.7 Å². The highest BCUT2D eigenvalue weighted by atomic mass is 16.5. The first-order chi connectivity index (χ1) is 9.38. The predicted octanol–water partition coefficient (Wildman–Crippen LogP) is 0.701. The second-order valence-electron chi connectivity index (χ2n) is 5.36. The molecule has 0 aliphatic carbocycles. The summed E-state index contributed by atoms with van der Waals surface area (Å²) in [5, 5.41) is 2.64. The number of esters is 1. The molecule has 2 atom stereocenters. The summed E-state index contributed by atoms with van der Waals surface area (Å²) in [6, 6.07) is -1.23. The summed E-state index contributed by atoms with van der Waals surface area (Å²) in [6.45, 7) is 7.96. The number of amides is 2. The smallest absolute Gasteiger partial charge is 0.328 e. The van der Waals surface area contributed by atoms with Crippen LogP contribution in [0, 0.1) is 5.92 Å². The van der Waals surface area contributed by atoms with Crippen molar-refractivity contribution in [2.45, 2.75) is 52.6 Å². The van der Waals surface area contributed by atoms with E-state index < -0.39 is 18.1 Å². The molecule has 1 aliphatic heterocycles. The molecule has 0 saturated carbocycles. The number of hydrogen-bond acceptors (Lipinski definition) is 4. The largest absolute Gasteiger partial charge is 0.464 e. The topological polar surface area (TPSA) is 75.7 Å². The van der Waals surface area contributed by atoms with E-state index in [2.05, 4.69) is 5.32 Å². The normalized spacial score (nSPS) is 18.1. The Balaban J connectivity index is 2.70. The molecule has 2 amide bonds. The molecule has 0 bridgehead atoms. The van der Waals surface area contributed by atoms with Gasteiger partial charge >= 0.3 is 5.97 Å². The van der Waals surface area contributed by atoms with Crippen molar-refractivity contribution in [1.82, 2.24) is 10.2 Å². The summed E-state index contributed by atoms with van der Waals surface area (Å²) >= 11 is 0. The molecule has 1 rings (SSSR count). The second kappa shape index (κ2) is 7.26. The van der Waals surface area contributed by atoms with Crippen LogP contribution in [-0.4, -0.2) is 47.9 Å². The van der Waals surface area contributed by atoms with Gasteiger partial charge in [-0.15, -0.1) is 0 Å². The van der Waals surface area contributed by atoms with Crippen LogP contribution in [0.3, 0.4) is 0 Å². The minimum Gasteiger partial charge on any atom is -0.464 e. The maximum atomic E-state index is 12.3. The minimum absolute atomic E-state index is 0.00244. The molecule has 1 aliphatic rings. The Labute approximate surface area is 119 Å². The van der Waals surface area contributed by atoms with Crippen molar-refractivity contribution < 1.29 is 19.1 Å². The summed E-state index contributed by atoms with van der Waals surface area (Å²) in [4.78, 5) is 37.3. The van der Waals surface area contributed by atoms with Gasteiger partial charge in [0.2, 0.25) is 11.8 Å². The average Bonchev–Trinajstić information content (AvgIpc) is 2.75. The molecule has 114 valence electrons. The number of likely N-dealkylation sites (tertiary alicyclic amines) is 1. The van der Waals surface area contributed by atoms with Gasteiger partial charge in [0.25, 0.3) is 0 Å². The molecular formula is C14H24N2O4. The molecule has 6 heteroatoms. The third-order valence-corrected chi connectivity index (χ3v) is 3.34. The van der Waals surface area contributed by atoms with Crippen LogP contribution in [0.4, 0.5) is 0 Å². The molecule has 0 unspecified atom stereocenters. The summed E-state index contributed by atoms with van der Waals surface area (Å²) < 4.78 is 4.86. The molecule has 0 spiro atoms. The Kier molecular flexibility index (Phi) is 5.98. The first-order valence-electron chi connectivity index (χ1n) is 7.15. The van der Waals surface area contributed by atoms with Crippen molar-refractivity contribution >= 4 is 17.8 Å². The predicted molar refractivity (Wildman–Crippen MR) is 73.8 cm³/mol. The lowest BCUT2D eigenvalue weighted by Gasteiger charge is -2.30. The monoisotopic (exact) mass is 284 g/mol. The van der Waals surface area contributed by atoms with Crippen LogP contribution in [0.25, 0.3) is 0 Å². The Bertz CT molecular complexity index is 381. The Morgan fingerprint density at radius 3 is 2.45 bits per heavy atom. The Morgan fingerprint density at radius 1 is 1.35 bits per heavy atom. The zero-order chi connectivity index (χ0) is 15.3. The zero-order valence-electron chi connectivity index (χ0n) is 12.6. The van der Waals surface area contributed by atoms with Gasteiger partial charge < -0.3 is 15.0 Å². The quantitative estimate of drug-likeness (QED) is 0.729. The van der Waals surface area contributed by atoms with Crippen LogP contribution in [0.5, 0.6) is 0 Å². The van der Waals surface area contributed by atoms with Gasteiger partial charge in [-0.05, 0) is 26.2 Å². The highest BCUT2D eigenvalue weighted by Gasteiger charge is 2.35. The maximum absolute atomic E-state index is 12.3. The van der Waals surface area contributed by atoms with Crippen LogP contribution < -0.4 is 5.32 Å². The van der Waals surface area contributed by atoms with Gasteiger partial charge in [-0.25, -0.2) is 4.79 Å². The van der Waals surface area contributed by atoms with Crippen molar-refractivity contribution in [1.29, 1.82) is 0 Å². The number of carbonyl (C=O) groups is 3. The van der Waals surface area contributed by atoms with Crippen LogP contribution in [-0.2, 0) is 19.1 Å². The van der Waals surface area contributed by atoms with Gasteiger partial charge in [0.15, 0.2) is 0 Å². The maximum Gasteiger partial charge on any atom is 0.328 e. The SMILES string of the molecule is CCOC(=O)[C@H](C)NC(=O)[C@@H](C(C)C)N1CCCC1=O. The molecular weight excluding hydrogens is 260 g/mol. The highest BCUT2D eigenvalue weighted by Crippen LogP contribution is 2.19. The van der Waals surface area contributed by atoms with Gasteiger partial charge in [0.1, 0.15) is 12.1 Å². The van der Waals surface area contributed by atoms with Gasteiger partial charge in [-0.1, -0.05) is 13.8 Å². The fourth-order valence-electron chi connectivity index (χ4n) is 2.39. The average molecular weight is 284 g/mol. The first-order valence-corrected chi connectivity index (χ1v) is 7.15.